The molecule has 1 aromatic rings. The molecular formula is C14H13NO6. The average Bonchev–Trinajstić information content (AvgIpc) is 2.44. The van der Waals surface area contributed by atoms with E-state index < -0.39 is 30.4 Å². The Balaban J connectivity index is 2.69. The first-order chi connectivity index (χ1) is 9.82. The van der Waals surface area contributed by atoms with Crippen molar-refractivity contribution in [2.75, 3.05) is 6.61 Å². The molecule has 0 atom stereocenters. The number of aromatic carboxylic acids is 1. The lowest BCUT2D eigenvalue weighted by Gasteiger charge is -2.08. The third-order valence-electron chi connectivity index (χ3n) is 2.28. The molecule has 0 radical (unpaired) electrons. The number of hydrogen-bond acceptors (Lipinski definition) is 6. The van der Waals surface area contributed by atoms with Crippen molar-refractivity contribution < 1.29 is 29.0 Å². The van der Waals surface area contributed by atoms with E-state index in [2.05, 4.69) is 16.1 Å². The summed E-state index contributed by atoms with van der Waals surface area (Å²) >= 11 is 0. The highest BCUT2D eigenvalue weighted by molar-refractivity contribution is 6.05. The lowest BCUT2D eigenvalue weighted by molar-refractivity contribution is -0.137. The Morgan fingerprint density at radius 1 is 1.24 bits per heavy atom. The zero-order valence-corrected chi connectivity index (χ0v) is 11.2. The average molecular weight is 291 g/mol. The van der Waals surface area contributed by atoms with Crippen LogP contribution in [0.15, 0.2) is 36.4 Å². The minimum atomic E-state index is -1.29. The summed E-state index contributed by atoms with van der Waals surface area (Å²) in [6, 6.07) is 5.43. The Morgan fingerprint density at radius 2 is 1.81 bits per heavy atom. The summed E-state index contributed by atoms with van der Waals surface area (Å²) in [7, 11) is 0. The van der Waals surface area contributed by atoms with Crippen LogP contribution in [0.2, 0.25) is 0 Å². The number of rotatable bonds is 5. The predicted molar refractivity (Wildman–Crippen MR) is 72.3 cm³/mol. The molecule has 21 heavy (non-hydrogen) atoms. The van der Waals surface area contributed by atoms with Crippen molar-refractivity contribution in [3.63, 3.8) is 0 Å². The highest BCUT2D eigenvalue weighted by Crippen LogP contribution is 2.10. The van der Waals surface area contributed by atoms with Crippen molar-refractivity contribution in [2.45, 2.75) is 6.92 Å². The number of hydrogen-bond donors (Lipinski definition) is 2. The van der Waals surface area contributed by atoms with Crippen LogP contribution in [-0.4, -0.2) is 35.5 Å². The number of carboxylic acids is 1. The summed E-state index contributed by atoms with van der Waals surface area (Å²) in [5.41, 5.74) is -0.291. The number of carboxylic acid groups (broad SMARTS) is 1. The van der Waals surface area contributed by atoms with Gasteiger partial charge in [0.2, 0.25) is 5.90 Å². The lowest BCUT2D eigenvalue weighted by atomic mass is 10.1. The van der Waals surface area contributed by atoms with Crippen LogP contribution in [0.4, 0.5) is 0 Å². The van der Waals surface area contributed by atoms with Gasteiger partial charge in [0.25, 0.3) is 0 Å². The van der Waals surface area contributed by atoms with Gasteiger partial charge < -0.3 is 14.6 Å². The molecule has 0 aliphatic carbocycles. The maximum absolute atomic E-state index is 11.8. The minimum Gasteiger partial charge on any atom is -0.478 e. The molecule has 0 bridgehead atoms. The minimum absolute atomic E-state index is 0.144. The largest absolute Gasteiger partial charge is 0.478 e. The zero-order chi connectivity index (χ0) is 16.0. The van der Waals surface area contributed by atoms with Crippen LogP contribution in [0.25, 0.3) is 0 Å². The third kappa shape index (κ3) is 4.57. The Morgan fingerprint density at radius 3 is 2.33 bits per heavy atom. The summed E-state index contributed by atoms with van der Waals surface area (Å²) < 4.78 is 9.25. The molecule has 1 aromatic carbocycles. The fourth-order valence-electron chi connectivity index (χ4n) is 1.30. The standard InChI is InChI=1S/C14H13NO6/c1-8(2)13(18)20-7-11(15)21-14(19)10-6-4-3-5-9(10)12(16)17/h3-6,15H,1,7H2,2H3,(H,16,17). The van der Waals surface area contributed by atoms with E-state index in [-0.39, 0.29) is 16.7 Å². The first-order valence-electron chi connectivity index (χ1n) is 5.77. The number of carbonyl (C=O) groups is 3. The molecule has 0 amide bonds. The zero-order valence-electron chi connectivity index (χ0n) is 11.2. The van der Waals surface area contributed by atoms with Gasteiger partial charge in [-0.2, -0.15) is 0 Å². The van der Waals surface area contributed by atoms with E-state index in [0.29, 0.717) is 0 Å². The third-order valence-corrected chi connectivity index (χ3v) is 2.28. The second-order valence-electron chi connectivity index (χ2n) is 4.02. The summed E-state index contributed by atoms with van der Waals surface area (Å²) in [6.45, 7) is 4.24. The van der Waals surface area contributed by atoms with Gasteiger partial charge in [-0.15, -0.1) is 0 Å². The van der Waals surface area contributed by atoms with Gasteiger partial charge in [-0.3, -0.25) is 5.41 Å². The van der Waals surface area contributed by atoms with Gasteiger partial charge in [-0.1, -0.05) is 18.7 Å². The first-order valence-corrected chi connectivity index (χ1v) is 5.77. The molecule has 0 fully saturated rings. The molecule has 0 aliphatic rings. The maximum atomic E-state index is 11.8. The molecule has 0 saturated heterocycles. The molecule has 0 unspecified atom stereocenters. The number of ether oxygens (including phenoxy) is 2. The predicted octanol–water partition coefficient (Wildman–Crippen LogP) is 1.64. The quantitative estimate of drug-likeness (QED) is 0.369. The highest BCUT2D eigenvalue weighted by atomic mass is 16.6. The molecule has 0 saturated carbocycles. The van der Waals surface area contributed by atoms with E-state index in [9.17, 15) is 14.4 Å². The number of nitrogens with one attached hydrogen (secondary N) is 1. The summed E-state index contributed by atoms with van der Waals surface area (Å²) in [4.78, 5) is 33.8. The van der Waals surface area contributed by atoms with Crippen LogP contribution in [0, 0.1) is 5.41 Å². The monoisotopic (exact) mass is 291 g/mol. The van der Waals surface area contributed by atoms with Gasteiger partial charge in [-0.25, -0.2) is 14.4 Å². The molecule has 7 nitrogen and oxygen atoms in total. The van der Waals surface area contributed by atoms with Crippen molar-refractivity contribution >= 4 is 23.8 Å². The van der Waals surface area contributed by atoms with Gasteiger partial charge in [0.1, 0.15) is 0 Å². The molecule has 0 aliphatic heterocycles. The van der Waals surface area contributed by atoms with Crippen LogP contribution in [0.5, 0.6) is 0 Å². The first kappa shape index (κ1) is 16.1. The molecule has 7 heteroatoms. The molecule has 2 N–H and O–H groups in total. The highest BCUT2D eigenvalue weighted by Gasteiger charge is 2.19. The maximum Gasteiger partial charge on any atom is 0.345 e. The van der Waals surface area contributed by atoms with E-state index in [0.717, 1.165) is 0 Å². The van der Waals surface area contributed by atoms with Crippen molar-refractivity contribution in [1.82, 2.24) is 0 Å². The fraction of sp³-hybridized carbons (Fsp3) is 0.143. The van der Waals surface area contributed by atoms with Gasteiger partial charge in [0.05, 0.1) is 11.1 Å². The SMILES string of the molecule is C=C(C)C(=O)OCC(=N)OC(=O)c1ccccc1C(=O)O. The van der Waals surface area contributed by atoms with Gasteiger partial charge in [0, 0.05) is 5.57 Å². The summed E-state index contributed by atoms with van der Waals surface area (Å²) in [6.07, 6.45) is 0. The van der Waals surface area contributed by atoms with E-state index in [1.54, 1.807) is 0 Å². The second-order valence-corrected chi connectivity index (χ2v) is 4.02. The van der Waals surface area contributed by atoms with Crippen LogP contribution >= 0.6 is 0 Å². The van der Waals surface area contributed by atoms with Crippen molar-refractivity contribution in [3.8, 4) is 0 Å². The molecule has 1 rings (SSSR count). The van der Waals surface area contributed by atoms with Crippen LogP contribution in [-0.2, 0) is 14.3 Å². The van der Waals surface area contributed by atoms with E-state index >= 15 is 0 Å². The molecule has 0 spiro atoms. The van der Waals surface area contributed by atoms with Crippen molar-refractivity contribution in [3.05, 3.63) is 47.5 Å². The Hall–Kier alpha value is -2.96. The number of esters is 2. The fourth-order valence-corrected chi connectivity index (χ4v) is 1.30. The Kier molecular flexibility index (Phi) is 5.36. The summed E-state index contributed by atoms with van der Waals surface area (Å²) in [5, 5.41) is 16.3. The lowest BCUT2D eigenvalue weighted by Crippen LogP contribution is -2.21. The normalized spacial score (nSPS) is 9.57. The molecule has 0 heterocycles. The van der Waals surface area contributed by atoms with E-state index in [1.165, 1.54) is 31.2 Å². The van der Waals surface area contributed by atoms with Crippen LogP contribution in [0.3, 0.4) is 0 Å². The van der Waals surface area contributed by atoms with Crippen LogP contribution < -0.4 is 0 Å². The Labute approximate surface area is 120 Å². The van der Waals surface area contributed by atoms with Crippen LogP contribution in [0.1, 0.15) is 27.6 Å². The van der Waals surface area contributed by atoms with Crippen molar-refractivity contribution in [1.29, 1.82) is 5.41 Å². The molecular weight excluding hydrogens is 278 g/mol. The van der Waals surface area contributed by atoms with E-state index in [1.807, 2.05) is 0 Å². The van der Waals surface area contributed by atoms with Crippen molar-refractivity contribution in [2.24, 2.45) is 0 Å². The van der Waals surface area contributed by atoms with Gasteiger partial charge >= 0.3 is 17.9 Å². The molecule has 110 valence electrons. The topological polar surface area (TPSA) is 114 Å². The van der Waals surface area contributed by atoms with E-state index in [4.69, 9.17) is 10.5 Å². The smallest absolute Gasteiger partial charge is 0.345 e. The number of carbonyl (C=O) groups excluding carboxylic acids is 2. The molecule has 0 aromatic heterocycles. The summed E-state index contributed by atoms with van der Waals surface area (Å²) in [5.74, 6) is -3.64. The second kappa shape index (κ2) is 6.99. The van der Waals surface area contributed by atoms with Gasteiger partial charge in [-0.05, 0) is 19.1 Å². The van der Waals surface area contributed by atoms with Gasteiger partial charge in [0.15, 0.2) is 6.61 Å². The Bertz CT molecular complexity index is 620. The number of benzene rings is 1.